The summed E-state index contributed by atoms with van der Waals surface area (Å²) in [6.45, 7) is 1.02. The van der Waals surface area contributed by atoms with E-state index in [1.807, 2.05) is 0 Å². The van der Waals surface area contributed by atoms with E-state index in [0.717, 1.165) is 6.92 Å². The van der Waals surface area contributed by atoms with E-state index in [1.165, 1.54) is 22.9 Å². The maximum atomic E-state index is 13.3. The summed E-state index contributed by atoms with van der Waals surface area (Å²) < 4.78 is 27.9. The minimum Gasteiger partial charge on any atom is -0.476 e. The van der Waals surface area contributed by atoms with E-state index in [4.69, 9.17) is 5.11 Å². The van der Waals surface area contributed by atoms with Gasteiger partial charge < -0.3 is 10.4 Å². The summed E-state index contributed by atoms with van der Waals surface area (Å²) >= 11 is 0. The molecular formula is C14H15F2N3O2. The number of carbonyl (C=O) groups is 1. The SMILES string of the molecule is Cn1cc(CNc2cccc(C(C)(F)F)c2)c(C(=O)O)n1. The maximum Gasteiger partial charge on any atom is 0.356 e. The van der Waals surface area contributed by atoms with Crippen molar-refractivity contribution < 1.29 is 18.7 Å². The highest BCUT2D eigenvalue weighted by Gasteiger charge is 2.24. The van der Waals surface area contributed by atoms with Gasteiger partial charge in [0, 0.05) is 43.5 Å². The number of hydrogen-bond acceptors (Lipinski definition) is 3. The lowest BCUT2D eigenvalue weighted by atomic mass is 10.1. The van der Waals surface area contributed by atoms with Crippen LogP contribution in [0.4, 0.5) is 14.5 Å². The normalized spacial score (nSPS) is 11.4. The van der Waals surface area contributed by atoms with Crippen LogP contribution in [0.2, 0.25) is 0 Å². The molecule has 112 valence electrons. The number of aromatic carboxylic acids is 1. The van der Waals surface area contributed by atoms with Crippen molar-refractivity contribution in [3.63, 3.8) is 0 Å². The number of halogens is 2. The van der Waals surface area contributed by atoms with Crippen LogP contribution in [-0.4, -0.2) is 20.9 Å². The van der Waals surface area contributed by atoms with Gasteiger partial charge in [-0.05, 0) is 12.1 Å². The number of nitrogens with one attached hydrogen (secondary N) is 1. The van der Waals surface area contributed by atoms with Crippen molar-refractivity contribution >= 4 is 11.7 Å². The zero-order valence-corrected chi connectivity index (χ0v) is 11.6. The Morgan fingerprint density at radius 2 is 2.19 bits per heavy atom. The third kappa shape index (κ3) is 3.56. The molecule has 1 aromatic heterocycles. The van der Waals surface area contributed by atoms with Gasteiger partial charge in [0.25, 0.3) is 5.92 Å². The highest BCUT2D eigenvalue weighted by molar-refractivity contribution is 5.87. The van der Waals surface area contributed by atoms with E-state index >= 15 is 0 Å². The summed E-state index contributed by atoms with van der Waals surface area (Å²) in [6, 6.07) is 5.86. The molecule has 0 saturated heterocycles. The second-order valence-electron chi connectivity index (χ2n) is 4.80. The Morgan fingerprint density at radius 1 is 1.48 bits per heavy atom. The van der Waals surface area contributed by atoms with Gasteiger partial charge in [0.2, 0.25) is 0 Å². The van der Waals surface area contributed by atoms with Crippen LogP contribution in [0.1, 0.15) is 28.5 Å². The van der Waals surface area contributed by atoms with Gasteiger partial charge in [0.1, 0.15) is 0 Å². The third-order valence-electron chi connectivity index (χ3n) is 2.96. The molecule has 2 rings (SSSR count). The molecule has 2 aromatic rings. The van der Waals surface area contributed by atoms with Crippen molar-refractivity contribution in [2.75, 3.05) is 5.32 Å². The molecule has 7 heteroatoms. The van der Waals surface area contributed by atoms with E-state index < -0.39 is 11.9 Å². The number of hydrogen-bond donors (Lipinski definition) is 2. The van der Waals surface area contributed by atoms with Gasteiger partial charge in [-0.3, -0.25) is 4.68 Å². The summed E-state index contributed by atoms with van der Waals surface area (Å²) in [6.07, 6.45) is 1.58. The molecule has 0 radical (unpaired) electrons. The molecule has 0 aliphatic carbocycles. The van der Waals surface area contributed by atoms with Gasteiger partial charge >= 0.3 is 5.97 Å². The Labute approximate surface area is 120 Å². The van der Waals surface area contributed by atoms with Crippen molar-refractivity contribution in [1.29, 1.82) is 0 Å². The minimum absolute atomic E-state index is 0.0537. The van der Waals surface area contributed by atoms with Crippen LogP contribution in [0.15, 0.2) is 30.5 Å². The molecule has 21 heavy (non-hydrogen) atoms. The molecule has 0 aliphatic rings. The molecule has 1 heterocycles. The molecule has 0 amide bonds. The van der Waals surface area contributed by atoms with Crippen LogP contribution in [0.25, 0.3) is 0 Å². The van der Waals surface area contributed by atoms with Gasteiger partial charge in [-0.25, -0.2) is 13.6 Å². The fraction of sp³-hybridized carbons (Fsp3) is 0.286. The number of anilines is 1. The van der Waals surface area contributed by atoms with Crippen LogP contribution in [-0.2, 0) is 19.5 Å². The van der Waals surface area contributed by atoms with Crippen LogP contribution < -0.4 is 5.32 Å². The van der Waals surface area contributed by atoms with Crippen LogP contribution in [0, 0.1) is 0 Å². The lowest BCUT2D eigenvalue weighted by molar-refractivity contribution is 0.0175. The van der Waals surface area contributed by atoms with Crippen molar-refractivity contribution in [2.24, 2.45) is 7.05 Å². The molecule has 1 aromatic carbocycles. The highest BCUT2D eigenvalue weighted by atomic mass is 19.3. The van der Waals surface area contributed by atoms with Crippen molar-refractivity contribution in [3.05, 3.63) is 47.3 Å². The number of aryl methyl sites for hydroxylation is 1. The largest absolute Gasteiger partial charge is 0.476 e. The van der Waals surface area contributed by atoms with Gasteiger partial charge in [0.15, 0.2) is 5.69 Å². The van der Waals surface area contributed by atoms with Gasteiger partial charge in [-0.15, -0.1) is 0 Å². The molecule has 2 N–H and O–H groups in total. The minimum atomic E-state index is -2.92. The quantitative estimate of drug-likeness (QED) is 0.890. The molecule has 0 fully saturated rings. The first-order valence-electron chi connectivity index (χ1n) is 6.25. The third-order valence-corrected chi connectivity index (χ3v) is 2.96. The van der Waals surface area contributed by atoms with Crippen LogP contribution in [0.3, 0.4) is 0 Å². The van der Waals surface area contributed by atoms with Crippen molar-refractivity contribution in [2.45, 2.75) is 19.4 Å². The average molecular weight is 295 g/mol. The fourth-order valence-corrected chi connectivity index (χ4v) is 1.95. The Kier molecular flexibility index (Phi) is 3.93. The Morgan fingerprint density at radius 3 is 2.81 bits per heavy atom. The van der Waals surface area contributed by atoms with E-state index in [0.29, 0.717) is 11.3 Å². The first kappa shape index (κ1) is 15.0. The maximum absolute atomic E-state index is 13.3. The number of rotatable bonds is 5. The lowest BCUT2D eigenvalue weighted by Crippen LogP contribution is -2.09. The Hall–Kier alpha value is -2.44. The average Bonchev–Trinajstić information content (AvgIpc) is 2.77. The monoisotopic (exact) mass is 295 g/mol. The number of benzene rings is 1. The van der Waals surface area contributed by atoms with Gasteiger partial charge in [-0.1, -0.05) is 12.1 Å². The lowest BCUT2D eigenvalue weighted by Gasteiger charge is -2.12. The van der Waals surface area contributed by atoms with Crippen molar-refractivity contribution in [1.82, 2.24) is 9.78 Å². The number of nitrogens with zero attached hydrogens (tertiary/aromatic N) is 2. The molecule has 0 unspecified atom stereocenters. The summed E-state index contributed by atoms with van der Waals surface area (Å²) in [7, 11) is 1.62. The number of alkyl halides is 2. The molecule has 0 spiro atoms. The highest BCUT2D eigenvalue weighted by Crippen LogP contribution is 2.28. The van der Waals surface area contributed by atoms with Crippen molar-refractivity contribution in [3.8, 4) is 0 Å². The van der Waals surface area contributed by atoms with Gasteiger partial charge in [0.05, 0.1) is 0 Å². The first-order chi connectivity index (χ1) is 9.77. The Bertz CT molecular complexity index is 662. The van der Waals surface area contributed by atoms with Crippen LogP contribution >= 0.6 is 0 Å². The molecular weight excluding hydrogens is 280 g/mol. The topological polar surface area (TPSA) is 67.2 Å². The second-order valence-corrected chi connectivity index (χ2v) is 4.80. The van der Waals surface area contributed by atoms with Crippen LogP contribution in [0.5, 0.6) is 0 Å². The summed E-state index contributed by atoms with van der Waals surface area (Å²) in [4.78, 5) is 11.0. The second kappa shape index (κ2) is 5.51. The molecule has 0 aliphatic heterocycles. The Balaban J connectivity index is 2.15. The number of carboxylic acid groups (broad SMARTS) is 1. The zero-order valence-electron chi connectivity index (χ0n) is 11.6. The predicted molar refractivity (Wildman–Crippen MR) is 73.5 cm³/mol. The summed E-state index contributed by atoms with van der Waals surface area (Å²) in [5, 5.41) is 15.8. The molecule has 0 saturated carbocycles. The van der Waals surface area contributed by atoms with E-state index in [2.05, 4.69) is 10.4 Å². The van der Waals surface area contributed by atoms with E-state index in [1.54, 1.807) is 19.3 Å². The fourth-order valence-electron chi connectivity index (χ4n) is 1.95. The molecule has 0 bridgehead atoms. The molecule has 5 nitrogen and oxygen atoms in total. The molecule has 0 atom stereocenters. The van der Waals surface area contributed by atoms with Gasteiger partial charge in [-0.2, -0.15) is 5.10 Å². The number of aromatic nitrogens is 2. The smallest absolute Gasteiger partial charge is 0.356 e. The van der Waals surface area contributed by atoms with E-state index in [9.17, 15) is 13.6 Å². The predicted octanol–water partition coefficient (Wildman–Crippen LogP) is 2.84. The zero-order chi connectivity index (χ0) is 15.6. The standard InChI is InChI=1S/C14H15F2N3O2/c1-14(15,16)10-4-3-5-11(6-10)17-7-9-8-19(2)18-12(9)13(20)21/h3-6,8,17H,7H2,1-2H3,(H,20,21). The number of carboxylic acids is 1. The first-order valence-corrected chi connectivity index (χ1v) is 6.25. The van der Waals surface area contributed by atoms with E-state index in [-0.39, 0.29) is 17.8 Å². The summed E-state index contributed by atoms with van der Waals surface area (Å²) in [5.41, 5.74) is 0.826. The summed E-state index contributed by atoms with van der Waals surface area (Å²) in [5.74, 6) is -4.04.